The van der Waals surface area contributed by atoms with E-state index in [1.54, 1.807) is 6.08 Å². The highest BCUT2D eigenvalue weighted by Gasteiger charge is 2.44. The van der Waals surface area contributed by atoms with E-state index in [1.807, 2.05) is 6.08 Å². The highest BCUT2D eigenvalue weighted by atomic mass is 16.7. The van der Waals surface area contributed by atoms with Crippen molar-refractivity contribution in [2.45, 2.75) is 326 Å². The SMILES string of the molecule is CCCCCCC/C=C\C/C=C\C/C=C\CCCCCCCCCCCCCCCCCCCCCCC(=O)NC(COC1OC(CO)C(O)C(O)C1O)C(O)/C=C/CC/C=C/CCCCCCCCCCC. The van der Waals surface area contributed by atoms with Crippen molar-refractivity contribution in [3.05, 3.63) is 60.8 Å². The summed E-state index contributed by atoms with van der Waals surface area (Å²) in [6.45, 7) is 3.76. The summed E-state index contributed by atoms with van der Waals surface area (Å²) in [6, 6.07) is -0.822. The molecule has 7 unspecified atom stereocenters. The molecule has 9 nitrogen and oxygen atoms in total. The predicted molar refractivity (Wildman–Crippen MR) is 309 cm³/mol. The average molecular weight is 1030 g/mol. The summed E-state index contributed by atoms with van der Waals surface area (Å²) in [7, 11) is 0. The van der Waals surface area contributed by atoms with Crippen molar-refractivity contribution in [2.24, 2.45) is 0 Å². The second-order valence-corrected chi connectivity index (χ2v) is 21.5. The smallest absolute Gasteiger partial charge is 0.220 e. The van der Waals surface area contributed by atoms with E-state index in [-0.39, 0.29) is 12.5 Å². The maximum Gasteiger partial charge on any atom is 0.220 e. The van der Waals surface area contributed by atoms with Crippen molar-refractivity contribution in [3.8, 4) is 0 Å². The number of allylic oxidation sites excluding steroid dienone is 9. The number of ether oxygens (including phenoxy) is 2. The van der Waals surface area contributed by atoms with Crippen LogP contribution in [0.5, 0.6) is 0 Å². The van der Waals surface area contributed by atoms with Crippen LogP contribution < -0.4 is 5.32 Å². The minimum Gasteiger partial charge on any atom is -0.394 e. The molecule has 0 radical (unpaired) electrons. The van der Waals surface area contributed by atoms with Gasteiger partial charge in [-0.05, 0) is 70.6 Å². The lowest BCUT2D eigenvalue weighted by atomic mass is 9.99. The van der Waals surface area contributed by atoms with E-state index in [2.05, 4.69) is 67.8 Å². The summed E-state index contributed by atoms with van der Waals surface area (Å²) in [5.74, 6) is -0.184. The lowest BCUT2D eigenvalue weighted by molar-refractivity contribution is -0.302. The van der Waals surface area contributed by atoms with E-state index >= 15 is 0 Å². The molecule has 1 rings (SSSR count). The normalized spacial score (nSPS) is 19.5. The van der Waals surface area contributed by atoms with E-state index in [0.717, 1.165) is 51.4 Å². The van der Waals surface area contributed by atoms with Gasteiger partial charge in [0.25, 0.3) is 0 Å². The van der Waals surface area contributed by atoms with E-state index in [0.29, 0.717) is 6.42 Å². The molecular weight excluding hydrogens is 911 g/mol. The van der Waals surface area contributed by atoms with Crippen molar-refractivity contribution >= 4 is 5.91 Å². The summed E-state index contributed by atoms with van der Waals surface area (Å²) in [6.07, 6.45) is 66.0. The van der Waals surface area contributed by atoms with Gasteiger partial charge in [0.15, 0.2) is 6.29 Å². The summed E-state index contributed by atoms with van der Waals surface area (Å²) in [5.41, 5.74) is 0. The zero-order valence-corrected chi connectivity index (χ0v) is 47.4. The number of amides is 1. The Balaban J connectivity index is 2.11. The first-order valence-corrected chi connectivity index (χ1v) is 31.0. The van der Waals surface area contributed by atoms with Gasteiger partial charge < -0.3 is 40.3 Å². The summed E-state index contributed by atoms with van der Waals surface area (Å²) >= 11 is 0. The van der Waals surface area contributed by atoms with Gasteiger partial charge in [-0.3, -0.25) is 4.79 Å². The van der Waals surface area contributed by atoms with Crippen LogP contribution in [-0.2, 0) is 14.3 Å². The third-order valence-corrected chi connectivity index (χ3v) is 14.6. The maximum atomic E-state index is 13.1. The van der Waals surface area contributed by atoms with Crippen LogP contribution in [0.25, 0.3) is 0 Å². The molecule has 73 heavy (non-hydrogen) atoms. The molecule has 1 heterocycles. The van der Waals surface area contributed by atoms with Gasteiger partial charge in [0, 0.05) is 6.42 Å². The van der Waals surface area contributed by atoms with Crippen LogP contribution in [0.3, 0.4) is 0 Å². The Bertz CT molecular complexity index is 1330. The third-order valence-electron chi connectivity index (χ3n) is 14.6. The van der Waals surface area contributed by atoms with Crippen molar-refractivity contribution in [1.82, 2.24) is 5.32 Å². The Labute approximate surface area is 449 Å². The predicted octanol–water partition coefficient (Wildman–Crippen LogP) is 15.9. The van der Waals surface area contributed by atoms with Crippen molar-refractivity contribution in [3.63, 3.8) is 0 Å². The summed E-state index contributed by atoms with van der Waals surface area (Å²) < 4.78 is 11.3. The maximum absolute atomic E-state index is 13.1. The quantitative estimate of drug-likeness (QED) is 0.0261. The first-order valence-electron chi connectivity index (χ1n) is 31.0. The van der Waals surface area contributed by atoms with Gasteiger partial charge in [-0.15, -0.1) is 0 Å². The number of rotatable bonds is 53. The molecular formula is C64H117NO8. The number of carbonyl (C=O) groups is 1. The zero-order valence-electron chi connectivity index (χ0n) is 47.4. The molecule has 1 aliphatic heterocycles. The summed E-state index contributed by atoms with van der Waals surface area (Å²) in [4.78, 5) is 13.1. The van der Waals surface area contributed by atoms with Crippen molar-refractivity contribution in [2.75, 3.05) is 13.2 Å². The van der Waals surface area contributed by atoms with Gasteiger partial charge in [0.2, 0.25) is 5.91 Å². The molecule has 0 aliphatic carbocycles. The molecule has 0 spiro atoms. The van der Waals surface area contributed by atoms with Crippen LogP contribution in [0, 0.1) is 0 Å². The minimum absolute atomic E-state index is 0.184. The second-order valence-electron chi connectivity index (χ2n) is 21.5. The van der Waals surface area contributed by atoms with Crippen molar-refractivity contribution in [1.29, 1.82) is 0 Å². The fourth-order valence-electron chi connectivity index (χ4n) is 9.65. The van der Waals surface area contributed by atoms with Crippen LogP contribution in [0.1, 0.15) is 284 Å². The zero-order chi connectivity index (χ0) is 52.9. The molecule has 0 saturated carbocycles. The fraction of sp³-hybridized carbons (Fsp3) is 0.828. The molecule has 1 saturated heterocycles. The Hall–Kier alpha value is -2.11. The van der Waals surface area contributed by atoms with Gasteiger partial charge in [0.05, 0.1) is 25.4 Å². The number of hydrogen-bond donors (Lipinski definition) is 6. The summed E-state index contributed by atoms with van der Waals surface area (Å²) in [5, 5.41) is 54.5. The number of aliphatic hydroxyl groups is 5. The van der Waals surface area contributed by atoms with Crippen LogP contribution in [0.4, 0.5) is 0 Å². The van der Waals surface area contributed by atoms with E-state index in [4.69, 9.17) is 9.47 Å². The first kappa shape index (κ1) is 68.9. The van der Waals surface area contributed by atoms with Crippen LogP contribution in [-0.4, -0.2) is 87.5 Å². The van der Waals surface area contributed by atoms with Gasteiger partial charge in [-0.2, -0.15) is 0 Å². The van der Waals surface area contributed by atoms with Crippen LogP contribution in [0.2, 0.25) is 0 Å². The molecule has 0 bridgehead atoms. The minimum atomic E-state index is -1.57. The molecule has 0 aromatic carbocycles. The van der Waals surface area contributed by atoms with Gasteiger partial charge in [0.1, 0.15) is 24.4 Å². The fourth-order valence-corrected chi connectivity index (χ4v) is 9.65. The van der Waals surface area contributed by atoms with Crippen LogP contribution in [0.15, 0.2) is 60.8 Å². The second kappa shape index (κ2) is 53.3. The molecule has 0 aromatic heterocycles. The highest BCUT2D eigenvalue weighted by molar-refractivity contribution is 5.76. The Morgan fingerprint density at radius 2 is 0.822 bits per heavy atom. The Morgan fingerprint density at radius 3 is 1.25 bits per heavy atom. The lowest BCUT2D eigenvalue weighted by Gasteiger charge is -2.40. The largest absolute Gasteiger partial charge is 0.394 e. The highest BCUT2D eigenvalue weighted by Crippen LogP contribution is 2.23. The van der Waals surface area contributed by atoms with E-state index in [1.165, 1.54) is 212 Å². The molecule has 7 atom stereocenters. The van der Waals surface area contributed by atoms with Gasteiger partial charge >= 0.3 is 0 Å². The molecule has 6 N–H and O–H groups in total. The van der Waals surface area contributed by atoms with Gasteiger partial charge in [-0.25, -0.2) is 0 Å². The Morgan fingerprint density at radius 1 is 0.466 bits per heavy atom. The standard InChI is InChI=1S/C64H117NO8/c1-3-5-7-9-11-13-15-17-19-20-21-22-23-24-25-26-27-28-29-30-31-32-33-34-35-36-37-38-40-42-44-46-48-50-52-54-60(68)65-57(56-72-64-63(71)62(70)61(69)59(55-66)73-64)58(67)53-51-49-47-45-43-41-39-18-16-14-12-10-8-6-4-2/h15,17,20-21,23-24,43,45,51,53,57-59,61-64,66-67,69-71H,3-14,16,18-19,22,25-42,44,46-50,52,54-56H2,1-2H3,(H,65,68)/b17-15-,21-20-,24-23-,45-43+,53-51+. The number of nitrogens with one attached hydrogen (secondary N) is 1. The van der Waals surface area contributed by atoms with Gasteiger partial charge in [-0.1, -0.05) is 267 Å². The molecule has 426 valence electrons. The van der Waals surface area contributed by atoms with Crippen LogP contribution >= 0.6 is 0 Å². The van der Waals surface area contributed by atoms with Crippen molar-refractivity contribution < 1.29 is 39.8 Å². The molecule has 1 amide bonds. The van der Waals surface area contributed by atoms with E-state index < -0.39 is 49.5 Å². The average Bonchev–Trinajstić information content (AvgIpc) is 3.39. The lowest BCUT2D eigenvalue weighted by Crippen LogP contribution is -2.60. The number of unbranched alkanes of at least 4 members (excludes halogenated alkanes) is 35. The third kappa shape index (κ3) is 42.7. The molecule has 0 aromatic rings. The number of carbonyl (C=O) groups excluding carboxylic acids is 1. The Kier molecular flexibility index (Phi) is 50.3. The number of aliphatic hydroxyl groups excluding tert-OH is 5. The molecule has 1 aliphatic rings. The number of hydrogen-bond acceptors (Lipinski definition) is 8. The molecule has 1 fully saturated rings. The van der Waals surface area contributed by atoms with E-state index in [9.17, 15) is 30.3 Å². The topological polar surface area (TPSA) is 149 Å². The first-order chi connectivity index (χ1) is 35.8. The monoisotopic (exact) mass is 1030 g/mol. The molecule has 9 heteroatoms.